The van der Waals surface area contributed by atoms with Gasteiger partial charge in [0.1, 0.15) is 5.52 Å². The molecule has 1 atom stereocenters. The number of aliphatic hydroxyl groups is 1. The van der Waals surface area contributed by atoms with Crippen LogP contribution in [-0.2, 0) is 0 Å². The third-order valence-corrected chi connectivity index (χ3v) is 5.47. The molecule has 6 heteroatoms. The van der Waals surface area contributed by atoms with Crippen LogP contribution in [0.5, 0.6) is 0 Å². The first-order valence-electron chi connectivity index (χ1n) is 7.99. The number of aromatic nitrogens is 1. The number of aryl methyl sites for hydroxylation is 1. The lowest BCUT2D eigenvalue weighted by Crippen LogP contribution is -2.41. The summed E-state index contributed by atoms with van der Waals surface area (Å²) in [4.78, 5) is 18.1. The van der Waals surface area contributed by atoms with Crippen molar-refractivity contribution in [2.45, 2.75) is 31.9 Å². The Balaban J connectivity index is 1.57. The Hall–Kier alpha value is -2.18. The van der Waals surface area contributed by atoms with Crippen LogP contribution >= 0.6 is 11.3 Å². The van der Waals surface area contributed by atoms with Crippen molar-refractivity contribution in [3.05, 3.63) is 52.0 Å². The van der Waals surface area contributed by atoms with Crippen molar-refractivity contribution in [1.82, 2.24) is 10.3 Å². The Morgan fingerprint density at radius 2 is 2.25 bits per heavy atom. The number of aliphatic hydroxyl groups excluding tert-OH is 1. The topological polar surface area (TPSA) is 75.4 Å². The van der Waals surface area contributed by atoms with Gasteiger partial charge in [-0.3, -0.25) is 4.79 Å². The second-order valence-electron chi connectivity index (χ2n) is 6.27. The minimum absolute atomic E-state index is 0.0620. The van der Waals surface area contributed by atoms with E-state index in [0.717, 1.165) is 23.2 Å². The Labute approximate surface area is 143 Å². The van der Waals surface area contributed by atoms with Crippen molar-refractivity contribution in [3.8, 4) is 0 Å². The molecule has 0 radical (unpaired) electrons. The lowest BCUT2D eigenvalue weighted by Gasteiger charge is -2.37. The highest BCUT2D eigenvalue weighted by Crippen LogP contribution is 2.39. The van der Waals surface area contributed by atoms with E-state index in [0.29, 0.717) is 17.0 Å². The van der Waals surface area contributed by atoms with Crippen LogP contribution < -0.4 is 5.32 Å². The van der Waals surface area contributed by atoms with Gasteiger partial charge in [0.2, 0.25) is 0 Å². The van der Waals surface area contributed by atoms with Crippen molar-refractivity contribution in [2.24, 2.45) is 5.92 Å². The molecule has 2 N–H and O–H groups in total. The lowest BCUT2D eigenvalue weighted by molar-refractivity contribution is 0.0241. The van der Waals surface area contributed by atoms with Gasteiger partial charge in [-0.05, 0) is 48.4 Å². The quantitative estimate of drug-likeness (QED) is 0.761. The van der Waals surface area contributed by atoms with Gasteiger partial charge in [-0.25, -0.2) is 4.98 Å². The molecule has 1 aromatic carbocycles. The molecule has 0 unspecified atom stereocenters. The van der Waals surface area contributed by atoms with Gasteiger partial charge in [0.15, 0.2) is 11.5 Å². The van der Waals surface area contributed by atoms with Crippen LogP contribution in [0, 0.1) is 12.8 Å². The number of carbonyl (C=O) groups is 1. The zero-order valence-electron chi connectivity index (χ0n) is 13.2. The first kappa shape index (κ1) is 15.4. The molecular weight excluding hydrogens is 324 g/mol. The van der Waals surface area contributed by atoms with Crippen LogP contribution in [0.25, 0.3) is 11.1 Å². The molecule has 2 aromatic heterocycles. The number of hydrogen-bond acceptors (Lipinski definition) is 5. The summed E-state index contributed by atoms with van der Waals surface area (Å²) in [7, 11) is 0. The number of carbonyl (C=O) groups excluding carboxylic acids is 1. The van der Waals surface area contributed by atoms with E-state index in [-0.39, 0.29) is 24.0 Å². The summed E-state index contributed by atoms with van der Waals surface area (Å²) in [5, 5.41) is 14.7. The van der Waals surface area contributed by atoms with Crippen molar-refractivity contribution in [2.75, 3.05) is 0 Å². The molecule has 1 saturated carbocycles. The number of nitrogens with one attached hydrogen (secondary N) is 1. The summed E-state index contributed by atoms with van der Waals surface area (Å²) in [5.74, 6) is 0.729. The molecule has 24 heavy (non-hydrogen) atoms. The maximum absolute atomic E-state index is 12.7. The molecule has 124 valence electrons. The normalized spacial score (nSPS) is 21.4. The largest absolute Gasteiger partial charge is 0.441 e. The number of rotatable bonds is 4. The van der Waals surface area contributed by atoms with E-state index in [4.69, 9.17) is 4.42 Å². The van der Waals surface area contributed by atoms with Crippen LogP contribution in [0.4, 0.5) is 0 Å². The van der Waals surface area contributed by atoms with E-state index in [1.165, 1.54) is 0 Å². The monoisotopic (exact) mass is 342 g/mol. The molecule has 0 saturated heterocycles. The summed E-state index contributed by atoms with van der Waals surface area (Å²) < 4.78 is 5.51. The molecule has 3 aromatic rings. The molecule has 1 aliphatic carbocycles. The third kappa shape index (κ3) is 2.83. The molecular formula is C18H18N2O3S. The van der Waals surface area contributed by atoms with E-state index in [1.807, 2.05) is 17.5 Å². The average Bonchev–Trinajstić information content (AvgIpc) is 3.17. The SMILES string of the molecule is Cc1nc2ccc(C(=O)N[C@H](c3cccs3)C3CC(O)C3)cc2o1. The van der Waals surface area contributed by atoms with Crippen LogP contribution in [0.3, 0.4) is 0 Å². The molecule has 0 spiro atoms. The Bertz CT molecular complexity index is 866. The van der Waals surface area contributed by atoms with Gasteiger partial charge in [0.25, 0.3) is 5.91 Å². The molecule has 5 nitrogen and oxygen atoms in total. The molecule has 1 aliphatic rings. The van der Waals surface area contributed by atoms with E-state index < -0.39 is 0 Å². The van der Waals surface area contributed by atoms with E-state index >= 15 is 0 Å². The molecule has 0 bridgehead atoms. The summed E-state index contributed by atoms with van der Waals surface area (Å²) in [5.41, 5.74) is 1.92. The van der Waals surface area contributed by atoms with Crippen molar-refractivity contribution in [3.63, 3.8) is 0 Å². The first-order valence-corrected chi connectivity index (χ1v) is 8.87. The molecule has 1 amide bonds. The predicted molar refractivity (Wildman–Crippen MR) is 92.0 cm³/mol. The van der Waals surface area contributed by atoms with Crippen LogP contribution in [0.1, 0.15) is 40.0 Å². The van der Waals surface area contributed by atoms with E-state index in [9.17, 15) is 9.90 Å². The molecule has 1 fully saturated rings. The number of thiophene rings is 1. The van der Waals surface area contributed by atoms with E-state index in [1.54, 1.807) is 36.5 Å². The second kappa shape index (κ2) is 6.03. The number of fused-ring (bicyclic) bond motifs is 1. The lowest BCUT2D eigenvalue weighted by atomic mass is 9.76. The molecule has 2 heterocycles. The van der Waals surface area contributed by atoms with Crippen molar-refractivity contribution in [1.29, 1.82) is 0 Å². The average molecular weight is 342 g/mol. The molecule has 4 rings (SSSR count). The minimum Gasteiger partial charge on any atom is -0.441 e. The van der Waals surface area contributed by atoms with Gasteiger partial charge >= 0.3 is 0 Å². The van der Waals surface area contributed by atoms with Gasteiger partial charge in [0.05, 0.1) is 12.1 Å². The maximum atomic E-state index is 12.7. The Kier molecular flexibility index (Phi) is 3.86. The smallest absolute Gasteiger partial charge is 0.251 e. The van der Waals surface area contributed by atoms with Gasteiger partial charge in [-0.1, -0.05) is 6.07 Å². The number of oxazole rings is 1. The first-order chi connectivity index (χ1) is 11.6. The number of benzene rings is 1. The summed E-state index contributed by atoms with van der Waals surface area (Å²) in [6, 6.07) is 9.24. The van der Waals surface area contributed by atoms with Crippen molar-refractivity contribution < 1.29 is 14.3 Å². The second-order valence-corrected chi connectivity index (χ2v) is 7.25. The van der Waals surface area contributed by atoms with Crippen LogP contribution in [-0.4, -0.2) is 22.1 Å². The standard InChI is InChI=1S/C18H18N2O3S/c1-10-19-14-5-4-11(9-15(14)23-10)18(22)20-17(12-7-13(21)8-12)16-3-2-6-24-16/h2-6,9,12-13,17,21H,7-8H2,1H3,(H,20,22)/t12?,13?,17-/m0/s1. The Morgan fingerprint density at radius 3 is 2.96 bits per heavy atom. The predicted octanol–water partition coefficient (Wildman–Crippen LogP) is 3.44. The highest BCUT2D eigenvalue weighted by molar-refractivity contribution is 7.10. The Morgan fingerprint density at radius 1 is 1.42 bits per heavy atom. The zero-order valence-corrected chi connectivity index (χ0v) is 14.0. The maximum Gasteiger partial charge on any atom is 0.251 e. The summed E-state index contributed by atoms with van der Waals surface area (Å²) in [6.07, 6.45) is 1.20. The van der Waals surface area contributed by atoms with Crippen molar-refractivity contribution >= 4 is 28.3 Å². The summed E-state index contributed by atoms with van der Waals surface area (Å²) >= 11 is 1.63. The number of hydrogen-bond donors (Lipinski definition) is 2. The third-order valence-electron chi connectivity index (χ3n) is 4.51. The van der Waals surface area contributed by atoms with Gasteiger partial charge in [-0.15, -0.1) is 11.3 Å². The van der Waals surface area contributed by atoms with Crippen LogP contribution in [0.15, 0.2) is 40.1 Å². The highest BCUT2D eigenvalue weighted by atomic mass is 32.1. The fraction of sp³-hybridized carbons (Fsp3) is 0.333. The van der Waals surface area contributed by atoms with Gasteiger partial charge in [0, 0.05) is 17.4 Å². The fourth-order valence-corrected chi connectivity index (χ4v) is 4.07. The fourth-order valence-electron chi connectivity index (χ4n) is 3.20. The molecule has 0 aliphatic heterocycles. The van der Waals surface area contributed by atoms with Gasteiger partial charge < -0.3 is 14.8 Å². The van der Waals surface area contributed by atoms with Crippen LogP contribution in [0.2, 0.25) is 0 Å². The van der Waals surface area contributed by atoms with E-state index in [2.05, 4.69) is 10.3 Å². The summed E-state index contributed by atoms with van der Waals surface area (Å²) in [6.45, 7) is 1.79. The minimum atomic E-state index is -0.247. The number of amides is 1. The number of nitrogens with zero attached hydrogens (tertiary/aromatic N) is 1. The zero-order chi connectivity index (χ0) is 16.7. The highest BCUT2D eigenvalue weighted by Gasteiger charge is 2.36. The van der Waals surface area contributed by atoms with Gasteiger partial charge in [-0.2, -0.15) is 0 Å².